The molecule has 0 unspecified atom stereocenters. The highest BCUT2D eigenvalue weighted by Gasteiger charge is 2.21. The van der Waals surface area contributed by atoms with Crippen LogP contribution in [0.2, 0.25) is 0 Å². The van der Waals surface area contributed by atoms with Crippen LogP contribution in [0, 0.1) is 5.82 Å². The number of halogens is 1. The number of nitrogens with one attached hydrogen (secondary N) is 1. The summed E-state index contributed by atoms with van der Waals surface area (Å²) < 4.78 is 13.1. The number of aromatic amines is 1. The van der Waals surface area contributed by atoms with E-state index >= 15 is 0 Å². The van der Waals surface area contributed by atoms with Gasteiger partial charge in [0.2, 0.25) is 0 Å². The molecule has 0 atom stereocenters. The molecule has 0 aliphatic carbocycles. The maximum atomic E-state index is 13.1. The van der Waals surface area contributed by atoms with Crippen molar-refractivity contribution < 1.29 is 14.0 Å². The van der Waals surface area contributed by atoms with Crippen LogP contribution in [0.3, 0.4) is 0 Å². The number of nitrogen functional groups attached to an aromatic ring is 1. The zero-order chi connectivity index (χ0) is 17.3. The molecule has 3 rings (SSSR count). The summed E-state index contributed by atoms with van der Waals surface area (Å²) in [5.41, 5.74) is 7.80. The molecule has 0 saturated heterocycles. The third-order valence-corrected chi connectivity index (χ3v) is 3.69. The van der Waals surface area contributed by atoms with E-state index in [9.17, 15) is 14.0 Å². The van der Waals surface area contributed by atoms with Gasteiger partial charge in [-0.05, 0) is 37.3 Å². The van der Waals surface area contributed by atoms with Gasteiger partial charge in [-0.3, -0.25) is 14.7 Å². The van der Waals surface area contributed by atoms with E-state index in [1.807, 2.05) is 0 Å². The second kappa shape index (κ2) is 6.08. The number of aromatic nitrogens is 2. The average molecular weight is 323 g/mol. The molecule has 0 aliphatic heterocycles. The third kappa shape index (κ3) is 2.81. The fourth-order valence-electron chi connectivity index (χ4n) is 2.44. The zero-order valence-corrected chi connectivity index (χ0v) is 12.8. The van der Waals surface area contributed by atoms with Crippen LogP contribution >= 0.6 is 0 Å². The quantitative estimate of drug-likeness (QED) is 0.721. The Labute approximate surface area is 137 Å². The van der Waals surface area contributed by atoms with Gasteiger partial charge < -0.3 is 5.73 Å². The Kier molecular flexibility index (Phi) is 3.95. The van der Waals surface area contributed by atoms with Crippen molar-refractivity contribution in [1.29, 1.82) is 0 Å². The second-order valence-electron chi connectivity index (χ2n) is 5.33. The third-order valence-electron chi connectivity index (χ3n) is 3.69. The molecule has 3 N–H and O–H groups in total. The van der Waals surface area contributed by atoms with Crippen LogP contribution in [-0.4, -0.2) is 21.8 Å². The average Bonchev–Trinajstić information content (AvgIpc) is 2.96. The van der Waals surface area contributed by atoms with Gasteiger partial charge in [0.1, 0.15) is 5.82 Å². The maximum Gasteiger partial charge on any atom is 0.199 e. The van der Waals surface area contributed by atoms with E-state index in [2.05, 4.69) is 10.2 Å². The van der Waals surface area contributed by atoms with Gasteiger partial charge in [0, 0.05) is 16.7 Å². The van der Waals surface area contributed by atoms with E-state index in [0.29, 0.717) is 22.4 Å². The molecule has 2 aromatic carbocycles. The summed E-state index contributed by atoms with van der Waals surface area (Å²) in [6, 6.07) is 12.0. The van der Waals surface area contributed by atoms with E-state index in [4.69, 9.17) is 5.73 Å². The highest BCUT2D eigenvalue weighted by molar-refractivity contribution is 6.15. The number of carbonyl (C=O) groups is 2. The molecular weight excluding hydrogens is 309 g/mol. The molecule has 24 heavy (non-hydrogen) atoms. The van der Waals surface area contributed by atoms with Crippen LogP contribution in [0.25, 0.3) is 11.3 Å². The Bertz CT molecular complexity index is 930. The lowest BCUT2D eigenvalue weighted by Gasteiger charge is -2.05. The van der Waals surface area contributed by atoms with Crippen molar-refractivity contribution in [1.82, 2.24) is 10.2 Å². The van der Waals surface area contributed by atoms with Crippen LogP contribution in [0.15, 0.2) is 48.5 Å². The predicted molar refractivity (Wildman–Crippen MR) is 88.3 cm³/mol. The molecule has 0 spiro atoms. The molecule has 0 saturated carbocycles. The van der Waals surface area contributed by atoms with Crippen LogP contribution in [0.5, 0.6) is 0 Å². The molecular formula is C18H14FN3O2. The number of ketones is 2. The number of nitrogens with zero attached hydrogens (tertiary/aromatic N) is 1. The summed E-state index contributed by atoms with van der Waals surface area (Å²) in [4.78, 5) is 24.3. The normalized spacial score (nSPS) is 10.6. The minimum atomic E-state index is -0.381. The van der Waals surface area contributed by atoms with Gasteiger partial charge in [-0.25, -0.2) is 4.39 Å². The van der Waals surface area contributed by atoms with Gasteiger partial charge in [-0.2, -0.15) is 5.10 Å². The molecule has 0 amide bonds. The number of carbonyl (C=O) groups excluding carboxylic acids is 2. The molecule has 6 heteroatoms. The Hall–Kier alpha value is -3.28. The van der Waals surface area contributed by atoms with Crippen LogP contribution < -0.4 is 5.73 Å². The number of anilines is 1. The molecule has 3 aromatic rings. The SMILES string of the molecule is CC(=O)c1cccc(C(=O)c2c(N)n[nH]c2-c2ccc(F)cc2)c1. The largest absolute Gasteiger partial charge is 0.382 e. The first kappa shape index (κ1) is 15.6. The van der Waals surface area contributed by atoms with Gasteiger partial charge in [0.05, 0.1) is 11.3 Å². The first-order valence-corrected chi connectivity index (χ1v) is 7.23. The van der Waals surface area contributed by atoms with E-state index in [0.717, 1.165) is 0 Å². The molecule has 0 fully saturated rings. The van der Waals surface area contributed by atoms with Crippen molar-refractivity contribution in [2.75, 3.05) is 5.73 Å². The monoisotopic (exact) mass is 323 g/mol. The lowest BCUT2D eigenvalue weighted by molar-refractivity contribution is 0.101. The number of H-pyrrole nitrogens is 1. The Morgan fingerprint density at radius 2 is 1.75 bits per heavy atom. The Balaban J connectivity index is 2.08. The highest BCUT2D eigenvalue weighted by Crippen LogP contribution is 2.28. The van der Waals surface area contributed by atoms with E-state index in [1.165, 1.54) is 37.3 Å². The summed E-state index contributed by atoms with van der Waals surface area (Å²) in [7, 11) is 0. The fraction of sp³-hybridized carbons (Fsp3) is 0.0556. The van der Waals surface area contributed by atoms with Crippen LogP contribution in [0.4, 0.5) is 10.2 Å². The molecule has 5 nitrogen and oxygen atoms in total. The van der Waals surface area contributed by atoms with Gasteiger partial charge in [-0.15, -0.1) is 0 Å². The highest BCUT2D eigenvalue weighted by atomic mass is 19.1. The summed E-state index contributed by atoms with van der Waals surface area (Å²) in [6.45, 7) is 1.43. The Morgan fingerprint density at radius 3 is 2.42 bits per heavy atom. The fourth-order valence-corrected chi connectivity index (χ4v) is 2.44. The van der Waals surface area contributed by atoms with Crippen LogP contribution in [0.1, 0.15) is 33.2 Å². The molecule has 0 radical (unpaired) electrons. The first-order valence-electron chi connectivity index (χ1n) is 7.23. The number of nitrogens with two attached hydrogens (primary N) is 1. The lowest BCUT2D eigenvalue weighted by atomic mass is 9.97. The summed E-state index contributed by atoms with van der Waals surface area (Å²) in [6.07, 6.45) is 0. The van der Waals surface area contributed by atoms with Gasteiger partial charge >= 0.3 is 0 Å². The van der Waals surface area contributed by atoms with Gasteiger partial charge in [0.25, 0.3) is 0 Å². The molecule has 1 aromatic heterocycles. The molecule has 1 heterocycles. The molecule has 0 bridgehead atoms. The van der Waals surface area contributed by atoms with Crippen LogP contribution in [-0.2, 0) is 0 Å². The molecule has 120 valence electrons. The topological polar surface area (TPSA) is 88.8 Å². The molecule has 0 aliphatic rings. The Morgan fingerprint density at radius 1 is 1.08 bits per heavy atom. The maximum absolute atomic E-state index is 13.1. The lowest BCUT2D eigenvalue weighted by Crippen LogP contribution is -2.06. The minimum Gasteiger partial charge on any atom is -0.382 e. The standard InChI is InChI=1S/C18H14FN3O2/c1-10(23)12-3-2-4-13(9-12)17(24)15-16(21-22-18(15)20)11-5-7-14(19)8-6-11/h2-9H,1H3,(H3,20,21,22). The van der Waals surface area contributed by atoms with Gasteiger partial charge in [-0.1, -0.05) is 18.2 Å². The van der Waals surface area contributed by atoms with E-state index in [-0.39, 0.29) is 28.8 Å². The van der Waals surface area contributed by atoms with Crippen molar-refractivity contribution in [3.8, 4) is 11.3 Å². The number of Topliss-reactive ketones (excluding diaryl/α,β-unsaturated/α-hetero) is 1. The first-order chi connectivity index (χ1) is 11.5. The van der Waals surface area contributed by atoms with Crippen molar-refractivity contribution >= 4 is 17.4 Å². The minimum absolute atomic E-state index is 0.0487. The zero-order valence-electron chi connectivity index (χ0n) is 12.8. The van der Waals surface area contributed by atoms with Crippen molar-refractivity contribution in [2.45, 2.75) is 6.92 Å². The van der Waals surface area contributed by atoms with Gasteiger partial charge in [0.15, 0.2) is 17.4 Å². The summed E-state index contributed by atoms with van der Waals surface area (Å²) >= 11 is 0. The summed E-state index contributed by atoms with van der Waals surface area (Å²) in [5.74, 6) is -0.826. The summed E-state index contributed by atoms with van der Waals surface area (Å²) in [5, 5.41) is 6.60. The smallest absolute Gasteiger partial charge is 0.199 e. The van der Waals surface area contributed by atoms with Crippen molar-refractivity contribution in [2.24, 2.45) is 0 Å². The number of benzene rings is 2. The van der Waals surface area contributed by atoms with E-state index in [1.54, 1.807) is 18.2 Å². The number of hydrogen-bond acceptors (Lipinski definition) is 4. The number of rotatable bonds is 4. The van der Waals surface area contributed by atoms with Crippen molar-refractivity contribution in [3.05, 3.63) is 71.0 Å². The van der Waals surface area contributed by atoms with Crippen molar-refractivity contribution in [3.63, 3.8) is 0 Å². The number of hydrogen-bond donors (Lipinski definition) is 2. The van der Waals surface area contributed by atoms with E-state index < -0.39 is 0 Å². The predicted octanol–water partition coefficient (Wildman–Crippen LogP) is 3.23. The second-order valence-corrected chi connectivity index (χ2v) is 5.33.